The monoisotopic (exact) mass is 274 g/mol. The van der Waals surface area contributed by atoms with Crippen LogP contribution in [0.5, 0.6) is 0 Å². The van der Waals surface area contributed by atoms with E-state index in [1.807, 2.05) is 4.90 Å². The number of likely N-dealkylation sites (tertiary alicyclic amines) is 2. The third-order valence-electron chi connectivity index (χ3n) is 3.57. The van der Waals surface area contributed by atoms with Crippen LogP contribution in [-0.4, -0.2) is 53.3 Å². The molecule has 2 aliphatic rings. The van der Waals surface area contributed by atoms with Crippen LogP contribution in [0.3, 0.4) is 0 Å². The van der Waals surface area contributed by atoms with Crippen LogP contribution in [0.15, 0.2) is 0 Å². The average Bonchev–Trinajstić information content (AvgIpc) is 2.70. The smallest absolute Gasteiger partial charge is 0.223 e. The molecule has 2 rings (SSSR count). The number of carbonyl (C=O) groups is 1. The lowest BCUT2D eigenvalue weighted by Gasteiger charge is -2.23. The van der Waals surface area contributed by atoms with Crippen molar-refractivity contribution in [2.45, 2.75) is 36.6 Å². The van der Waals surface area contributed by atoms with E-state index in [2.05, 4.69) is 27.9 Å². The summed E-state index contributed by atoms with van der Waals surface area (Å²) < 4.78 is 0. The zero-order valence-electron chi connectivity index (χ0n) is 9.29. The molecule has 0 aromatic carbocycles. The van der Waals surface area contributed by atoms with Gasteiger partial charge in [0.2, 0.25) is 5.91 Å². The van der Waals surface area contributed by atoms with Gasteiger partial charge >= 0.3 is 0 Å². The van der Waals surface area contributed by atoms with Crippen molar-refractivity contribution in [1.29, 1.82) is 0 Å². The first-order valence-corrected chi connectivity index (χ1v) is 6.70. The standard InChI is InChI=1S/C11H19BrN2O/c1-13-5-2-3-10(13)4-6-14-8-9(12)7-11(14)15/h9-10H,2-8H2,1H3. The minimum absolute atomic E-state index is 0.317. The molecule has 0 aromatic rings. The Labute approximate surface area is 99.9 Å². The Morgan fingerprint density at radius 2 is 2.33 bits per heavy atom. The number of carbonyl (C=O) groups excluding carboxylic acids is 1. The van der Waals surface area contributed by atoms with E-state index in [0.717, 1.165) is 19.5 Å². The third kappa shape index (κ3) is 2.72. The second kappa shape index (κ2) is 4.83. The van der Waals surface area contributed by atoms with E-state index in [-0.39, 0.29) is 0 Å². The summed E-state index contributed by atoms with van der Waals surface area (Å²) >= 11 is 3.51. The van der Waals surface area contributed by atoms with Crippen molar-refractivity contribution in [2.75, 3.05) is 26.7 Å². The van der Waals surface area contributed by atoms with Crippen molar-refractivity contribution in [3.63, 3.8) is 0 Å². The average molecular weight is 275 g/mol. The molecule has 0 N–H and O–H groups in total. The number of hydrogen-bond acceptors (Lipinski definition) is 2. The van der Waals surface area contributed by atoms with Gasteiger partial charge in [-0.2, -0.15) is 0 Å². The van der Waals surface area contributed by atoms with Crippen molar-refractivity contribution in [2.24, 2.45) is 0 Å². The molecule has 0 radical (unpaired) electrons. The highest BCUT2D eigenvalue weighted by atomic mass is 79.9. The molecule has 4 heteroatoms. The van der Waals surface area contributed by atoms with Crippen LogP contribution in [0.4, 0.5) is 0 Å². The van der Waals surface area contributed by atoms with E-state index in [9.17, 15) is 4.79 Å². The van der Waals surface area contributed by atoms with Gasteiger partial charge in [-0.25, -0.2) is 0 Å². The highest BCUT2D eigenvalue weighted by Gasteiger charge is 2.29. The molecular weight excluding hydrogens is 256 g/mol. The summed E-state index contributed by atoms with van der Waals surface area (Å²) in [5.41, 5.74) is 0. The predicted octanol–water partition coefficient (Wildman–Crippen LogP) is 1.47. The minimum atomic E-state index is 0.317. The summed E-state index contributed by atoms with van der Waals surface area (Å²) in [7, 11) is 2.19. The molecule has 2 aliphatic heterocycles. The number of rotatable bonds is 3. The van der Waals surface area contributed by atoms with E-state index >= 15 is 0 Å². The summed E-state index contributed by atoms with van der Waals surface area (Å²) in [6, 6.07) is 0.701. The molecule has 0 aliphatic carbocycles. The zero-order chi connectivity index (χ0) is 10.8. The normalized spacial score (nSPS) is 32.9. The second-order valence-corrected chi connectivity index (χ2v) is 6.00. The maximum absolute atomic E-state index is 11.6. The van der Waals surface area contributed by atoms with Gasteiger partial charge in [0.1, 0.15) is 0 Å². The highest BCUT2D eigenvalue weighted by Crippen LogP contribution is 2.21. The highest BCUT2D eigenvalue weighted by molar-refractivity contribution is 9.09. The zero-order valence-corrected chi connectivity index (χ0v) is 10.9. The van der Waals surface area contributed by atoms with Gasteiger partial charge in [0, 0.05) is 30.4 Å². The predicted molar refractivity (Wildman–Crippen MR) is 64.2 cm³/mol. The second-order valence-electron chi connectivity index (χ2n) is 4.71. The molecular formula is C11H19BrN2O. The van der Waals surface area contributed by atoms with Gasteiger partial charge in [-0.3, -0.25) is 4.79 Å². The van der Waals surface area contributed by atoms with E-state index < -0.39 is 0 Å². The Bertz CT molecular complexity index is 247. The van der Waals surface area contributed by atoms with Gasteiger partial charge < -0.3 is 9.80 Å². The molecule has 0 aromatic heterocycles. The summed E-state index contributed by atoms with van der Waals surface area (Å²) in [6.07, 6.45) is 4.44. The molecule has 15 heavy (non-hydrogen) atoms. The van der Waals surface area contributed by atoms with Gasteiger partial charge in [0.25, 0.3) is 0 Å². The summed E-state index contributed by atoms with van der Waals surface area (Å²) in [4.78, 5) is 16.4. The Morgan fingerprint density at radius 1 is 1.53 bits per heavy atom. The maximum Gasteiger partial charge on any atom is 0.223 e. The Balaban J connectivity index is 1.76. The molecule has 2 atom stereocenters. The summed E-state index contributed by atoms with van der Waals surface area (Å²) in [5.74, 6) is 0.317. The summed E-state index contributed by atoms with van der Waals surface area (Å²) in [6.45, 7) is 3.06. The van der Waals surface area contributed by atoms with E-state index in [1.165, 1.54) is 19.4 Å². The van der Waals surface area contributed by atoms with Gasteiger partial charge in [-0.1, -0.05) is 15.9 Å². The van der Waals surface area contributed by atoms with E-state index in [1.54, 1.807) is 0 Å². The van der Waals surface area contributed by atoms with Gasteiger partial charge in [-0.15, -0.1) is 0 Å². The Kier molecular flexibility index (Phi) is 3.67. The van der Waals surface area contributed by atoms with Crippen molar-refractivity contribution in [3.05, 3.63) is 0 Å². The van der Waals surface area contributed by atoms with E-state index in [4.69, 9.17) is 0 Å². The summed E-state index contributed by atoms with van der Waals surface area (Å²) in [5, 5.41) is 0. The number of amides is 1. The number of hydrogen-bond donors (Lipinski definition) is 0. The van der Waals surface area contributed by atoms with E-state index in [0.29, 0.717) is 23.2 Å². The lowest BCUT2D eigenvalue weighted by Crippen LogP contribution is -2.32. The van der Waals surface area contributed by atoms with Crippen molar-refractivity contribution in [1.82, 2.24) is 9.80 Å². The molecule has 86 valence electrons. The molecule has 3 nitrogen and oxygen atoms in total. The van der Waals surface area contributed by atoms with Gasteiger partial charge in [0.15, 0.2) is 0 Å². The number of alkyl halides is 1. The first-order chi connectivity index (χ1) is 7.16. The molecule has 0 saturated carbocycles. The van der Waals surface area contributed by atoms with Crippen LogP contribution in [0, 0.1) is 0 Å². The SMILES string of the molecule is CN1CCCC1CCN1CC(Br)CC1=O. The quantitative estimate of drug-likeness (QED) is 0.728. The van der Waals surface area contributed by atoms with Gasteiger partial charge in [-0.05, 0) is 32.9 Å². The fraction of sp³-hybridized carbons (Fsp3) is 0.909. The first kappa shape index (κ1) is 11.4. The Morgan fingerprint density at radius 3 is 2.87 bits per heavy atom. The van der Waals surface area contributed by atoms with Crippen LogP contribution in [0.2, 0.25) is 0 Å². The maximum atomic E-state index is 11.6. The largest absolute Gasteiger partial charge is 0.341 e. The topological polar surface area (TPSA) is 23.6 Å². The van der Waals surface area contributed by atoms with Gasteiger partial charge in [0.05, 0.1) is 0 Å². The van der Waals surface area contributed by atoms with Crippen LogP contribution in [0.1, 0.15) is 25.7 Å². The third-order valence-corrected chi connectivity index (χ3v) is 4.18. The molecule has 2 saturated heterocycles. The number of nitrogens with zero attached hydrogens (tertiary/aromatic N) is 2. The molecule has 2 fully saturated rings. The lowest BCUT2D eigenvalue weighted by molar-refractivity contribution is -0.127. The molecule has 1 amide bonds. The minimum Gasteiger partial charge on any atom is -0.341 e. The van der Waals surface area contributed by atoms with Crippen molar-refractivity contribution < 1.29 is 4.79 Å². The van der Waals surface area contributed by atoms with Crippen molar-refractivity contribution >= 4 is 21.8 Å². The van der Waals surface area contributed by atoms with Crippen LogP contribution >= 0.6 is 15.9 Å². The van der Waals surface area contributed by atoms with Crippen molar-refractivity contribution in [3.8, 4) is 0 Å². The van der Waals surface area contributed by atoms with Crippen LogP contribution in [0.25, 0.3) is 0 Å². The lowest BCUT2D eigenvalue weighted by atomic mass is 10.1. The van der Waals surface area contributed by atoms with Crippen LogP contribution in [-0.2, 0) is 4.79 Å². The van der Waals surface area contributed by atoms with Crippen LogP contribution < -0.4 is 0 Å². The molecule has 2 heterocycles. The first-order valence-electron chi connectivity index (χ1n) is 5.79. The Hall–Kier alpha value is -0.0900. The number of halogens is 1. The fourth-order valence-corrected chi connectivity index (χ4v) is 3.22. The molecule has 2 unspecified atom stereocenters. The fourth-order valence-electron chi connectivity index (χ4n) is 2.59. The molecule has 0 spiro atoms. The molecule has 0 bridgehead atoms.